The Morgan fingerprint density at radius 2 is 1.83 bits per heavy atom. The van der Waals surface area contributed by atoms with Gasteiger partial charge in [-0.15, -0.1) is 11.3 Å². The van der Waals surface area contributed by atoms with Crippen molar-refractivity contribution in [2.75, 3.05) is 13.1 Å². The molecule has 29 heavy (non-hydrogen) atoms. The van der Waals surface area contributed by atoms with Crippen LogP contribution in [0.2, 0.25) is 0 Å². The first kappa shape index (κ1) is 19.2. The number of amidine groups is 1. The van der Waals surface area contributed by atoms with E-state index in [1.807, 2.05) is 24.3 Å². The van der Waals surface area contributed by atoms with E-state index in [0.717, 1.165) is 28.8 Å². The Hall–Kier alpha value is -1.77. The summed E-state index contributed by atoms with van der Waals surface area (Å²) in [6.07, 6.45) is 6.69. The largest absolute Gasteiger partial charge is 0.312 e. The highest BCUT2D eigenvalue weighted by atomic mass is 32.2. The van der Waals surface area contributed by atoms with E-state index < -0.39 is 15.6 Å². The number of thiophene rings is 1. The molecule has 2 fully saturated rings. The Balaban J connectivity index is 1.34. The second-order valence-corrected chi connectivity index (χ2v) is 11.6. The monoisotopic (exact) mass is 431 g/mol. The Morgan fingerprint density at radius 3 is 2.55 bits per heavy atom. The molecule has 8 heteroatoms. The number of benzene rings is 1. The fourth-order valence-corrected chi connectivity index (χ4v) is 7.75. The Bertz CT molecular complexity index is 1040. The summed E-state index contributed by atoms with van der Waals surface area (Å²) in [6.45, 7) is 0.650. The van der Waals surface area contributed by atoms with Crippen LogP contribution in [0.1, 0.15) is 44.9 Å². The van der Waals surface area contributed by atoms with E-state index in [1.54, 1.807) is 6.07 Å². The summed E-state index contributed by atoms with van der Waals surface area (Å²) in [6, 6.07) is 9.45. The van der Waals surface area contributed by atoms with Gasteiger partial charge in [-0.25, -0.2) is 8.42 Å². The molecule has 1 N–H and O–H groups in total. The molecule has 0 unspecified atom stereocenters. The lowest BCUT2D eigenvalue weighted by molar-refractivity contribution is -0.125. The van der Waals surface area contributed by atoms with Crippen LogP contribution in [0.4, 0.5) is 0 Å². The highest BCUT2D eigenvalue weighted by molar-refractivity contribution is 7.91. The van der Waals surface area contributed by atoms with Gasteiger partial charge < -0.3 is 5.32 Å². The predicted octanol–water partition coefficient (Wildman–Crippen LogP) is 3.53. The molecular formula is C21H25N3O3S2. The molecule has 1 amide bonds. The first-order valence-electron chi connectivity index (χ1n) is 10.4. The van der Waals surface area contributed by atoms with Crippen LogP contribution >= 0.6 is 11.3 Å². The van der Waals surface area contributed by atoms with Crippen LogP contribution in [-0.4, -0.2) is 43.1 Å². The first-order valence-corrected chi connectivity index (χ1v) is 12.6. The van der Waals surface area contributed by atoms with Crippen LogP contribution in [-0.2, 0) is 14.8 Å². The normalized spacial score (nSPS) is 23.4. The van der Waals surface area contributed by atoms with E-state index >= 15 is 0 Å². The number of piperidine rings is 1. The van der Waals surface area contributed by atoms with E-state index in [1.165, 1.54) is 34.9 Å². The molecule has 1 saturated heterocycles. The maximum Gasteiger partial charge on any atom is 0.253 e. The second-order valence-electron chi connectivity index (χ2n) is 8.33. The minimum atomic E-state index is -3.55. The predicted molar refractivity (Wildman–Crippen MR) is 115 cm³/mol. The molecule has 1 spiro atoms. The number of carbonyl (C=O) groups is 1. The van der Waals surface area contributed by atoms with Gasteiger partial charge in [-0.3, -0.25) is 9.79 Å². The number of sulfonamides is 1. The van der Waals surface area contributed by atoms with Crippen molar-refractivity contribution in [3.8, 4) is 0 Å². The lowest BCUT2D eigenvalue weighted by atomic mass is 9.88. The molecule has 2 aliphatic heterocycles. The molecule has 0 radical (unpaired) electrons. The van der Waals surface area contributed by atoms with Crippen molar-refractivity contribution >= 4 is 43.2 Å². The van der Waals surface area contributed by atoms with Crippen LogP contribution < -0.4 is 5.32 Å². The Morgan fingerprint density at radius 1 is 1.10 bits per heavy atom. The average Bonchev–Trinajstić information content (AvgIpc) is 3.32. The summed E-state index contributed by atoms with van der Waals surface area (Å²) in [7, 11) is -3.55. The van der Waals surface area contributed by atoms with Gasteiger partial charge in [0.05, 0.1) is 0 Å². The van der Waals surface area contributed by atoms with Gasteiger partial charge in [-0.2, -0.15) is 4.31 Å². The molecule has 5 rings (SSSR count). The first-order chi connectivity index (χ1) is 14.0. The standard InChI is InChI=1S/C21H25N3O3S2/c25-20-21(23-19(22-20)15-6-2-1-3-7-15)10-12-24(13-11-21)29(26,27)18-14-16-8-4-5-9-17(16)28-18/h4-5,8-9,14-15H,1-3,6-7,10-13H2,(H,22,23,25). The Kier molecular flexibility index (Phi) is 4.75. The zero-order valence-electron chi connectivity index (χ0n) is 16.3. The van der Waals surface area contributed by atoms with Crippen molar-refractivity contribution < 1.29 is 13.2 Å². The van der Waals surface area contributed by atoms with Crippen molar-refractivity contribution in [2.24, 2.45) is 10.9 Å². The zero-order valence-corrected chi connectivity index (χ0v) is 17.9. The summed E-state index contributed by atoms with van der Waals surface area (Å²) < 4.78 is 29.2. The third-order valence-corrected chi connectivity index (χ3v) is 10.0. The lowest BCUT2D eigenvalue weighted by Gasteiger charge is -2.34. The summed E-state index contributed by atoms with van der Waals surface area (Å²) in [5, 5.41) is 3.98. The van der Waals surface area contributed by atoms with Gasteiger partial charge in [0.1, 0.15) is 15.6 Å². The summed E-state index contributed by atoms with van der Waals surface area (Å²) >= 11 is 1.30. The smallest absolute Gasteiger partial charge is 0.253 e. The fourth-order valence-electron chi connectivity index (χ4n) is 4.76. The fraction of sp³-hybridized carbons (Fsp3) is 0.524. The highest BCUT2D eigenvalue weighted by Crippen LogP contribution is 2.37. The minimum Gasteiger partial charge on any atom is -0.312 e. The number of hydrogen-bond acceptors (Lipinski definition) is 5. The molecule has 1 aliphatic carbocycles. The van der Waals surface area contributed by atoms with E-state index in [0.29, 0.717) is 36.1 Å². The van der Waals surface area contributed by atoms with Crippen molar-refractivity contribution in [2.45, 2.75) is 54.7 Å². The van der Waals surface area contributed by atoms with Gasteiger partial charge in [-0.05, 0) is 43.2 Å². The zero-order chi connectivity index (χ0) is 20.1. The SMILES string of the molecule is O=C1NC(C2CCCCC2)=NC12CCN(S(=O)(=O)c1cc3ccccc3s1)CC2. The van der Waals surface area contributed by atoms with E-state index in [2.05, 4.69) is 5.32 Å². The van der Waals surface area contributed by atoms with Gasteiger partial charge >= 0.3 is 0 Å². The molecule has 6 nitrogen and oxygen atoms in total. The quantitative estimate of drug-likeness (QED) is 0.807. The summed E-state index contributed by atoms with van der Waals surface area (Å²) in [5.41, 5.74) is -0.779. The molecule has 3 heterocycles. The molecule has 2 aromatic rings. The molecule has 1 aromatic heterocycles. The summed E-state index contributed by atoms with van der Waals surface area (Å²) in [5.74, 6) is 1.15. The van der Waals surface area contributed by atoms with E-state index in [-0.39, 0.29) is 5.91 Å². The van der Waals surface area contributed by atoms with Gasteiger partial charge in [0, 0.05) is 23.7 Å². The molecule has 0 bridgehead atoms. The lowest BCUT2D eigenvalue weighted by Crippen LogP contribution is -2.50. The maximum atomic E-state index is 13.2. The third kappa shape index (κ3) is 3.31. The number of amides is 1. The number of rotatable bonds is 3. The van der Waals surface area contributed by atoms with Gasteiger partial charge in [-0.1, -0.05) is 37.5 Å². The third-order valence-electron chi connectivity index (χ3n) is 6.54. The molecule has 154 valence electrons. The second kappa shape index (κ2) is 7.18. The van der Waals surface area contributed by atoms with Crippen molar-refractivity contribution in [3.63, 3.8) is 0 Å². The molecule has 0 atom stereocenters. The Labute approximate surface area is 175 Å². The summed E-state index contributed by atoms with van der Waals surface area (Å²) in [4.78, 5) is 17.6. The van der Waals surface area contributed by atoms with Crippen LogP contribution in [0, 0.1) is 5.92 Å². The number of nitrogens with zero attached hydrogens (tertiary/aromatic N) is 2. The molecule has 1 aromatic carbocycles. The number of nitrogens with one attached hydrogen (secondary N) is 1. The van der Waals surface area contributed by atoms with Gasteiger partial charge in [0.25, 0.3) is 15.9 Å². The van der Waals surface area contributed by atoms with Crippen molar-refractivity contribution in [3.05, 3.63) is 30.3 Å². The number of hydrogen-bond donors (Lipinski definition) is 1. The minimum absolute atomic E-state index is 0.0445. The van der Waals surface area contributed by atoms with Crippen LogP contribution in [0.25, 0.3) is 10.1 Å². The average molecular weight is 432 g/mol. The number of aliphatic imine (C=N–C) groups is 1. The molecular weight excluding hydrogens is 406 g/mol. The highest BCUT2D eigenvalue weighted by Gasteiger charge is 2.48. The van der Waals surface area contributed by atoms with Gasteiger partial charge in [0.2, 0.25) is 0 Å². The van der Waals surface area contributed by atoms with E-state index in [4.69, 9.17) is 4.99 Å². The molecule has 1 saturated carbocycles. The topological polar surface area (TPSA) is 78.8 Å². The van der Waals surface area contributed by atoms with Crippen LogP contribution in [0.3, 0.4) is 0 Å². The van der Waals surface area contributed by atoms with Crippen LogP contribution in [0.15, 0.2) is 39.5 Å². The van der Waals surface area contributed by atoms with Crippen LogP contribution in [0.5, 0.6) is 0 Å². The maximum absolute atomic E-state index is 13.2. The van der Waals surface area contributed by atoms with Crippen molar-refractivity contribution in [1.82, 2.24) is 9.62 Å². The van der Waals surface area contributed by atoms with Crippen molar-refractivity contribution in [1.29, 1.82) is 0 Å². The molecule has 3 aliphatic rings. The van der Waals surface area contributed by atoms with Gasteiger partial charge in [0.15, 0.2) is 0 Å². The van der Waals surface area contributed by atoms with E-state index in [9.17, 15) is 13.2 Å². The number of carbonyl (C=O) groups excluding carboxylic acids is 1. The number of fused-ring (bicyclic) bond motifs is 1.